The zero-order chi connectivity index (χ0) is 89.5. The number of thioether (sulfide) groups is 4. The van der Waals surface area contributed by atoms with Crippen LogP contribution in [0.25, 0.3) is 24.3 Å². The molecule has 5 aliphatic heterocycles. The molecule has 38 heteroatoms. The first-order valence-corrected chi connectivity index (χ1v) is 41.4. The first-order valence-electron chi connectivity index (χ1n) is 36.5. The van der Waals surface area contributed by atoms with E-state index in [1.54, 1.807) is 0 Å². The summed E-state index contributed by atoms with van der Waals surface area (Å²) in [5, 5.41) is 12.9. The zero-order valence-corrected chi connectivity index (χ0v) is 69.5. The average molecular weight is 1870 g/mol. The van der Waals surface area contributed by atoms with Crippen LogP contribution in [0.15, 0.2) is 238 Å². The Morgan fingerprint density at radius 3 is 0.960 bits per heavy atom. The molecule has 0 radical (unpaired) electrons. The first-order chi connectivity index (χ1) is 59.7. The molecular formula is C88H46F12N4O14S8. The molecule has 0 unspecified atom stereocenters. The van der Waals surface area contributed by atoms with Gasteiger partial charge in [-0.1, -0.05) is 175 Å². The van der Waals surface area contributed by atoms with E-state index >= 15 is 0 Å². The molecule has 0 spiro atoms. The molecule has 4 fully saturated rings. The van der Waals surface area contributed by atoms with Gasteiger partial charge in [0.05, 0.1) is 86.9 Å². The Morgan fingerprint density at radius 1 is 0.373 bits per heavy atom. The molecule has 18 nitrogen and oxygen atoms in total. The largest absolute Gasteiger partial charge is 0.486 e. The number of carbonyl (C=O) groups is 8. The van der Waals surface area contributed by atoms with Gasteiger partial charge in [0.1, 0.15) is 12.2 Å². The van der Waals surface area contributed by atoms with Crippen molar-refractivity contribution < 1.29 is 120 Å². The maximum absolute atomic E-state index is 14.7. The van der Waals surface area contributed by atoms with Crippen molar-refractivity contribution in [2.75, 3.05) is 26.2 Å². The molecule has 4 saturated heterocycles. The van der Waals surface area contributed by atoms with E-state index in [0.29, 0.717) is 22.3 Å². The summed E-state index contributed by atoms with van der Waals surface area (Å²) in [6, 6.07) is 43.1. The topological polar surface area (TPSA) is 216 Å². The third kappa shape index (κ3) is 17.7. The minimum atomic E-state index is -4.74. The van der Waals surface area contributed by atoms with Crippen LogP contribution in [-0.4, -0.2) is 82.1 Å². The van der Waals surface area contributed by atoms with Gasteiger partial charge in [-0.3, -0.25) is 38.8 Å². The van der Waals surface area contributed by atoms with Gasteiger partial charge < -0.3 is 28.8 Å². The standard InChI is InChI=1S/C88H46F12N4O14S8/c89-85(90,91)52-5-1-9-56(36-52)101-72(105)65(123-80(101)119)31-43-13-21-47(22-14-43)76(109)115-62-30-29-60-69-61-40-64(117-78(111)49-25-17-45(18-26-49)33-67-74(107)103(82(121)125-67)58-11-3-7-54(38-58)87(95,96)97)63(116-77(110)48-23-15-44(16-24-48)32-66-73(106)102(81(120)124-66)57-10-2-6-53(37-57)86(92,93)94)35-51(61)41-84(69,113)42-114-70(60)71(62)118-79(112)50-27-19-46(20-28-50)34-68-75(108)104(83(122)126-68)59-12-4-8-55(39-59)88(98,99)100/h1-40,69,113H,41-42H2/b65-31-,66-32-,67-33-,68-34-/t69-,84+/m0/s1. The van der Waals surface area contributed by atoms with E-state index < -0.39 is 136 Å². The lowest BCUT2D eigenvalue weighted by Gasteiger charge is -2.37. The van der Waals surface area contributed by atoms with Crippen molar-refractivity contribution in [1.82, 2.24) is 0 Å². The molecule has 0 saturated carbocycles. The summed E-state index contributed by atoms with van der Waals surface area (Å²) in [5.74, 6) is -10.6. The number of alkyl halides is 12. The molecule has 1 N–H and O–H groups in total. The van der Waals surface area contributed by atoms with Crippen molar-refractivity contribution >= 4 is 208 Å². The van der Waals surface area contributed by atoms with Crippen LogP contribution < -0.4 is 43.3 Å². The highest BCUT2D eigenvalue weighted by molar-refractivity contribution is 8.28. The van der Waals surface area contributed by atoms with Crippen LogP contribution in [-0.2, 0) is 50.3 Å². The number of nitrogens with zero attached hydrogens (tertiary/aromatic N) is 4. The Kier molecular flexibility index (Phi) is 23.4. The van der Waals surface area contributed by atoms with E-state index in [2.05, 4.69) is 0 Å². The molecule has 5 heterocycles. The molecule has 126 heavy (non-hydrogen) atoms. The lowest BCUT2D eigenvalue weighted by atomic mass is 9.80. The maximum Gasteiger partial charge on any atom is 0.416 e. The number of esters is 4. The van der Waals surface area contributed by atoms with Gasteiger partial charge in [0, 0.05) is 17.9 Å². The molecule has 1 aliphatic carbocycles. The highest BCUT2D eigenvalue weighted by Gasteiger charge is 2.53. The van der Waals surface area contributed by atoms with E-state index in [1.807, 2.05) is 0 Å². The molecule has 634 valence electrons. The highest BCUT2D eigenvalue weighted by Crippen LogP contribution is 2.58. The van der Waals surface area contributed by atoms with Crippen LogP contribution in [0, 0.1) is 0 Å². The summed E-state index contributed by atoms with van der Waals surface area (Å²) in [7, 11) is 0. The van der Waals surface area contributed by atoms with Gasteiger partial charge in [-0.25, -0.2) is 19.2 Å². The number of anilines is 4. The monoisotopic (exact) mass is 1870 g/mol. The van der Waals surface area contributed by atoms with E-state index in [4.69, 9.17) is 72.6 Å². The van der Waals surface area contributed by atoms with E-state index in [-0.39, 0.29) is 111 Å². The zero-order valence-electron chi connectivity index (χ0n) is 62.9. The molecule has 2 atom stereocenters. The third-order valence-electron chi connectivity index (χ3n) is 19.9. The van der Waals surface area contributed by atoms with E-state index in [1.165, 1.54) is 170 Å². The molecule has 10 aromatic rings. The quantitative estimate of drug-likeness (QED) is 0.0313. The number of benzene rings is 10. The van der Waals surface area contributed by atoms with Crippen molar-refractivity contribution in [3.05, 3.63) is 321 Å². The lowest BCUT2D eigenvalue weighted by Crippen LogP contribution is -2.44. The molecule has 0 aromatic heterocycles. The number of thiocarbonyl (C=S) groups is 4. The van der Waals surface area contributed by atoms with Gasteiger partial charge in [0.15, 0.2) is 40.3 Å². The van der Waals surface area contributed by atoms with Gasteiger partial charge in [0.25, 0.3) is 23.6 Å². The highest BCUT2D eigenvalue weighted by atomic mass is 32.2. The Labute approximate surface area is 741 Å². The van der Waals surface area contributed by atoms with Crippen molar-refractivity contribution in [2.45, 2.75) is 42.6 Å². The molecule has 6 aliphatic rings. The number of amides is 4. The van der Waals surface area contributed by atoms with Crippen molar-refractivity contribution in [3.63, 3.8) is 0 Å². The predicted molar refractivity (Wildman–Crippen MR) is 463 cm³/mol. The van der Waals surface area contributed by atoms with Crippen LogP contribution in [0.5, 0.6) is 28.7 Å². The fraction of sp³-hybridized carbons (Fsp3) is 0.0909. The predicted octanol–water partition coefficient (Wildman–Crippen LogP) is 21.1. The number of aliphatic hydroxyl groups is 1. The average Bonchev–Trinajstić information content (AvgIpc) is 1.55. The fourth-order valence-electron chi connectivity index (χ4n) is 14.0. The van der Waals surface area contributed by atoms with E-state index in [0.717, 1.165) is 139 Å². The number of halogens is 12. The van der Waals surface area contributed by atoms with E-state index in [9.17, 15) is 96.1 Å². The van der Waals surface area contributed by atoms with Crippen LogP contribution >= 0.6 is 95.9 Å². The second-order valence-electron chi connectivity index (χ2n) is 28.1. The minimum absolute atomic E-state index is 0.0115. The second kappa shape index (κ2) is 33.8. The smallest absolute Gasteiger partial charge is 0.416 e. The maximum atomic E-state index is 14.7. The Balaban J connectivity index is 0.717. The molecule has 16 rings (SSSR count). The summed E-state index contributed by atoms with van der Waals surface area (Å²) < 4.78 is 195. The van der Waals surface area contributed by atoms with Gasteiger partial charge in [-0.05, 0) is 197 Å². The summed E-state index contributed by atoms with van der Waals surface area (Å²) >= 11 is 24.9. The normalized spacial score (nSPS) is 18.4. The number of rotatable bonds is 16. The Bertz CT molecular complexity index is 6540. The Hall–Kier alpha value is -12.4. The third-order valence-corrected chi connectivity index (χ3v) is 25.1. The summed E-state index contributed by atoms with van der Waals surface area (Å²) in [6.45, 7) is -0.621. The van der Waals surface area contributed by atoms with Crippen LogP contribution in [0.2, 0.25) is 0 Å². The molecule has 4 amide bonds. The molecule has 0 bridgehead atoms. The van der Waals surface area contributed by atoms with Crippen molar-refractivity contribution in [2.24, 2.45) is 0 Å². The van der Waals surface area contributed by atoms with Crippen molar-refractivity contribution in [1.29, 1.82) is 0 Å². The SMILES string of the molecule is O=C(Oc1cc2c(cc1OC(=O)c1ccc(/C=C3\SC(=S)N(c4cccc(C(F)(F)F)c4)C3=O)cc1)[C@@H]1c3ccc(OC(=O)c4ccc(/C=C5\SC(=S)N(c6cccc(C(F)(F)F)c6)C5=O)cc4)c(OC(=O)c4ccc(/C=C5\SC(=S)N(c6cccc(C(F)(F)F)c6)C5=O)cc4)c3OC[C@]1(O)C2)c1ccc(/C=C2\SC(=S)N(c3cccc(C(F)(F)F)c3)C2=O)cc1. The number of hydrogen-bond acceptors (Lipinski definition) is 22. The van der Waals surface area contributed by atoms with Gasteiger partial charge >= 0.3 is 48.6 Å². The molecule has 10 aromatic carbocycles. The van der Waals surface area contributed by atoms with Gasteiger partial charge in [0.2, 0.25) is 5.75 Å². The number of ether oxygens (including phenoxy) is 5. The Morgan fingerprint density at radius 2 is 0.659 bits per heavy atom. The van der Waals surface area contributed by atoms with Gasteiger partial charge in [-0.15, -0.1) is 0 Å². The van der Waals surface area contributed by atoms with Crippen LogP contribution in [0.4, 0.5) is 75.4 Å². The second-order valence-corrected chi connectivity index (χ2v) is 34.8. The number of fused-ring (bicyclic) bond motifs is 5. The fourth-order valence-corrected chi connectivity index (χ4v) is 19.2. The molecular weight excluding hydrogens is 1820 g/mol. The summed E-state index contributed by atoms with van der Waals surface area (Å²) in [4.78, 5) is 117. The number of hydrogen-bond donors (Lipinski definition) is 1. The summed E-state index contributed by atoms with van der Waals surface area (Å²) in [6.07, 6.45) is -13.6. The minimum Gasteiger partial charge on any atom is -0.486 e. The van der Waals surface area contributed by atoms with Crippen LogP contribution in [0.1, 0.15) is 109 Å². The van der Waals surface area contributed by atoms with Gasteiger partial charge in [-0.2, -0.15) is 52.7 Å². The first kappa shape index (κ1) is 87.1. The lowest BCUT2D eigenvalue weighted by molar-refractivity contribution is -0.138. The summed E-state index contributed by atoms with van der Waals surface area (Å²) in [5.41, 5.74) is -5.29. The number of carbonyl (C=O) groups excluding carboxylic acids is 8. The van der Waals surface area contributed by atoms with Crippen molar-refractivity contribution in [3.8, 4) is 28.7 Å². The van der Waals surface area contributed by atoms with Crippen LogP contribution in [0.3, 0.4) is 0 Å².